The first-order chi connectivity index (χ1) is 11.8. The van der Waals surface area contributed by atoms with Gasteiger partial charge < -0.3 is 10.2 Å². The number of anilines is 1. The van der Waals surface area contributed by atoms with Gasteiger partial charge in [-0.3, -0.25) is 4.79 Å². The summed E-state index contributed by atoms with van der Waals surface area (Å²) in [4.78, 5) is 22.3. The molecule has 0 aromatic heterocycles. The molecule has 130 valence electrons. The smallest absolute Gasteiger partial charge is 0.335 e. The summed E-state index contributed by atoms with van der Waals surface area (Å²) in [5.74, 6) is -1.99. The molecule has 0 atom stereocenters. The highest BCUT2D eigenvalue weighted by Gasteiger charge is 2.35. The van der Waals surface area contributed by atoms with E-state index in [0.717, 1.165) is 9.87 Å². The minimum atomic E-state index is -3.99. The molecule has 0 bridgehead atoms. The van der Waals surface area contributed by atoms with E-state index in [0.29, 0.717) is 12.0 Å². The van der Waals surface area contributed by atoms with E-state index in [-0.39, 0.29) is 17.0 Å². The Bertz CT molecular complexity index is 970. The molecule has 1 fully saturated rings. The lowest BCUT2D eigenvalue weighted by molar-refractivity contribution is -0.117. The quantitative estimate of drug-likeness (QED) is 0.741. The van der Waals surface area contributed by atoms with Crippen LogP contribution in [-0.4, -0.2) is 37.1 Å². The zero-order valence-electron chi connectivity index (χ0n) is 12.8. The molecule has 3 rings (SSSR count). The third-order valence-corrected chi connectivity index (χ3v) is 5.10. The van der Waals surface area contributed by atoms with E-state index in [1.807, 2.05) is 4.72 Å². The van der Waals surface area contributed by atoms with Gasteiger partial charge in [-0.1, -0.05) is 18.2 Å². The number of phenolic OH excluding ortho intramolecular Hbond substituents is 1. The van der Waals surface area contributed by atoms with Gasteiger partial charge in [0, 0.05) is 0 Å². The minimum Gasteiger partial charge on any atom is -0.506 e. The fourth-order valence-electron chi connectivity index (χ4n) is 2.60. The van der Waals surface area contributed by atoms with Gasteiger partial charge >= 0.3 is 16.2 Å². The standard InChI is InChI=1S/C16H14N2O6S/c19-14-8-11(6-10-2-1-3-12(7-10)16(21)22)4-5-13(14)18-9-15(20)17-25(18,23)24/h1-5,7-8,19H,6,9H2,(H,17,20)(H,21,22). The molecule has 0 saturated carbocycles. The van der Waals surface area contributed by atoms with Crippen molar-refractivity contribution in [2.24, 2.45) is 0 Å². The Hall–Kier alpha value is -3.07. The van der Waals surface area contributed by atoms with Crippen molar-refractivity contribution >= 4 is 27.8 Å². The van der Waals surface area contributed by atoms with E-state index in [9.17, 15) is 23.1 Å². The summed E-state index contributed by atoms with van der Waals surface area (Å²) in [5.41, 5.74) is 1.56. The largest absolute Gasteiger partial charge is 0.506 e. The van der Waals surface area contributed by atoms with E-state index in [1.54, 1.807) is 18.2 Å². The number of carboxylic acids is 1. The summed E-state index contributed by atoms with van der Waals surface area (Å²) in [5, 5.41) is 19.2. The molecule has 0 aliphatic carbocycles. The first-order valence-corrected chi connectivity index (χ1v) is 8.68. The molecule has 1 aliphatic rings. The molecule has 0 spiro atoms. The van der Waals surface area contributed by atoms with Crippen LogP contribution in [0.4, 0.5) is 5.69 Å². The van der Waals surface area contributed by atoms with E-state index < -0.39 is 28.6 Å². The fraction of sp³-hybridized carbons (Fsp3) is 0.125. The molecule has 1 amide bonds. The maximum Gasteiger partial charge on any atom is 0.335 e. The van der Waals surface area contributed by atoms with Crippen LogP contribution in [0.2, 0.25) is 0 Å². The Morgan fingerprint density at radius 1 is 1.16 bits per heavy atom. The van der Waals surface area contributed by atoms with Crippen LogP contribution < -0.4 is 9.03 Å². The number of aromatic hydroxyl groups is 1. The SMILES string of the molecule is O=C1CN(c2ccc(Cc3cccc(C(=O)O)c3)cc2O)S(=O)(=O)N1. The number of carbonyl (C=O) groups is 2. The number of carbonyl (C=O) groups excluding carboxylic acids is 1. The minimum absolute atomic E-state index is 0.00128. The molecule has 0 unspecified atom stereocenters. The van der Waals surface area contributed by atoms with Crippen molar-refractivity contribution in [2.75, 3.05) is 10.8 Å². The van der Waals surface area contributed by atoms with Crippen LogP contribution in [0.25, 0.3) is 0 Å². The maximum absolute atomic E-state index is 11.8. The Morgan fingerprint density at radius 3 is 2.48 bits per heavy atom. The topological polar surface area (TPSA) is 124 Å². The lowest BCUT2D eigenvalue weighted by atomic mass is 10.0. The van der Waals surface area contributed by atoms with Crippen LogP contribution in [-0.2, 0) is 21.4 Å². The summed E-state index contributed by atoms with van der Waals surface area (Å²) in [6.07, 6.45) is 0.360. The molecule has 25 heavy (non-hydrogen) atoms. The van der Waals surface area contributed by atoms with Gasteiger partial charge in [-0.2, -0.15) is 8.42 Å². The third kappa shape index (κ3) is 3.41. The lowest BCUT2D eigenvalue weighted by Crippen LogP contribution is -2.29. The van der Waals surface area contributed by atoms with Gasteiger partial charge in [-0.15, -0.1) is 0 Å². The predicted molar refractivity (Wildman–Crippen MR) is 88.7 cm³/mol. The number of phenols is 1. The van der Waals surface area contributed by atoms with Crippen LogP contribution in [0.15, 0.2) is 42.5 Å². The highest BCUT2D eigenvalue weighted by Crippen LogP contribution is 2.32. The van der Waals surface area contributed by atoms with Gasteiger partial charge in [0.2, 0.25) is 0 Å². The third-order valence-electron chi connectivity index (χ3n) is 3.71. The second kappa shape index (κ2) is 6.10. The number of carboxylic acid groups (broad SMARTS) is 1. The number of benzene rings is 2. The van der Waals surface area contributed by atoms with Crippen LogP contribution in [0.3, 0.4) is 0 Å². The molecule has 2 aromatic carbocycles. The summed E-state index contributed by atoms with van der Waals surface area (Å²) < 4.78 is 26.3. The van der Waals surface area contributed by atoms with Gasteiger partial charge in [0.05, 0.1) is 11.3 Å². The van der Waals surface area contributed by atoms with Gasteiger partial charge in [0.1, 0.15) is 12.3 Å². The van der Waals surface area contributed by atoms with E-state index in [1.165, 1.54) is 24.3 Å². The van der Waals surface area contributed by atoms with Gasteiger partial charge in [0.15, 0.2) is 0 Å². The second-order valence-corrected chi connectivity index (χ2v) is 7.14. The van der Waals surface area contributed by atoms with E-state index >= 15 is 0 Å². The molecule has 3 N–H and O–H groups in total. The summed E-state index contributed by atoms with van der Waals surface area (Å²) in [6.45, 7) is -0.393. The van der Waals surface area contributed by atoms with Gasteiger partial charge in [-0.05, 0) is 41.8 Å². The molecule has 1 heterocycles. The molecule has 1 saturated heterocycles. The van der Waals surface area contributed by atoms with E-state index in [2.05, 4.69) is 0 Å². The van der Waals surface area contributed by atoms with Crippen LogP contribution in [0, 0.1) is 0 Å². The molecule has 2 aromatic rings. The normalized spacial score (nSPS) is 15.8. The summed E-state index contributed by atoms with van der Waals surface area (Å²) >= 11 is 0. The van der Waals surface area contributed by atoms with Crippen LogP contribution >= 0.6 is 0 Å². The predicted octanol–water partition coefficient (Wildman–Crippen LogP) is 0.862. The second-order valence-electron chi connectivity index (χ2n) is 5.54. The zero-order chi connectivity index (χ0) is 18.2. The monoisotopic (exact) mass is 362 g/mol. The summed E-state index contributed by atoms with van der Waals surface area (Å²) in [7, 11) is -3.99. The van der Waals surface area contributed by atoms with Crippen molar-refractivity contribution in [3.63, 3.8) is 0 Å². The van der Waals surface area contributed by atoms with Crippen LogP contribution in [0.5, 0.6) is 5.75 Å². The number of hydrogen-bond donors (Lipinski definition) is 3. The van der Waals surface area contributed by atoms with Crippen molar-refractivity contribution in [2.45, 2.75) is 6.42 Å². The Morgan fingerprint density at radius 2 is 1.88 bits per heavy atom. The van der Waals surface area contributed by atoms with Crippen LogP contribution in [0.1, 0.15) is 21.5 Å². The average molecular weight is 362 g/mol. The van der Waals surface area contributed by atoms with Gasteiger partial charge in [-0.25, -0.2) is 13.8 Å². The number of hydrogen-bond acceptors (Lipinski definition) is 5. The number of nitrogens with one attached hydrogen (secondary N) is 1. The molecule has 1 aliphatic heterocycles. The Balaban J connectivity index is 1.87. The number of rotatable bonds is 4. The van der Waals surface area contributed by atoms with Crippen molar-refractivity contribution in [1.29, 1.82) is 0 Å². The van der Waals surface area contributed by atoms with Crippen molar-refractivity contribution in [3.8, 4) is 5.75 Å². The molecule has 9 heteroatoms. The first-order valence-electron chi connectivity index (χ1n) is 7.24. The maximum atomic E-state index is 11.8. The fourth-order valence-corrected chi connectivity index (χ4v) is 3.76. The van der Waals surface area contributed by atoms with Gasteiger partial charge in [0.25, 0.3) is 5.91 Å². The molecular formula is C16H14N2O6S. The number of aromatic carboxylic acids is 1. The number of nitrogens with zero attached hydrogens (tertiary/aromatic N) is 1. The molecule has 8 nitrogen and oxygen atoms in total. The zero-order valence-corrected chi connectivity index (χ0v) is 13.7. The van der Waals surface area contributed by atoms with Crippen molar-refractivity contribution < 1.29 is 28.2 Å². The lowest BCUT2D eigenvalue weighted by Gasteiger charge is -2.16. The highest BCUT2D eigenvalue weighted by molar-refractivity contribution is 7.92. The highest BCUT2D eigenvalue weighted by atomic mass is 32.2. The van der Waals surface area contributed by atoms with Crippen molar-refractivity contribution in [3.05, 3.63) is 59.2 Å². The van der Waals surface area contributed by atoms with Crippen molar-refractivity contribution in [1.82, 2.24) is 4.72 Å². The average Bonchev–Trinajstić information content (AvgIpc) is 2.80. The summed E-state index contributed by atoms with van der Waals surface area (Å²) in [6, 6.07) is 10.8. The molecular weight excluding hydrogens is 348 g/mol. The Labute approximate surface area is 143 Å². The Kier molecular flexibility index (Phi) is 4.09. The van der Waals surface area contributed by atoms with E-state index in [4.69, 9.17) is 5.11 Å². The number of amides is 1. The first kappa shape index (κ1) is 16.8. The molecule has 0 radical (unpaired) electrons.